The first kappa shape index (κ1) is 14.8. The summed E-state index contributed by atoms with van der Waals surface area (Å²) in [4.78, 5) is 11.8. The van der Waals surface area contributed by atoms with E-state index in [1.807, 2.05) is 11.4 Å². The molecule has 0 aromatic carbocycles. The second-order valence-electron chi connectivity index (χ2n) is 4.52. The molecular formula is C11H15F3N2O2. The van der Waals surface area contributed by atoms with Crippen molar-refractivity contribution >= 4 is 5.91 Å². The Labute approximate surface area is 103 Å². The molecule has 0 aromatic heterocycles. The molecule has 1 atom stereocenters. The van der Waals surface area contributed by atoms with Crippen LogP contribution in [0.15, 0.2) is 0 Å². The van der Waals surface area contributed by atoms with Crippen molar-refractivity contribution < 1.29 is 23.1 Å². The Bertz CT molecular complexity index is 343. The number of carbonyl (C=O) groups excluding carboxylic acids is 1. The Kier molecular flexibility index (Phi) is 4.57. The van der Waals surface area contributed by atoms with Crippen molar-refractivity contribution in [1.82, 2.24) is 5.32 Å². The van der Waals surface area contributed by atoms with Crippen molar-refractivity contribution in [2.75, 3.05) is 6.54 Å². The maximum Gasteiger partial charge on any atom is 0.416 e. The molecule has 102 valence electrons. The van der Waals surface area contributed by atoms with Crippen LogP contribution < -0.4 is 5.32 Å². The minimum Gasteiger partial charge on any atom is -0.382 e. The quantitative estimate of drug-likeness (QED) is 0.811. The van der Waals surface area contributed by atoms with Gasteiger partial charge in [-0.25, -0.2) is 0 Å². The van der Waals surface area contributed by atoms with E-state index in [0.29, 0.717) is 25.7 Å². The SMILES string of the molecule is N#CC1(C(=O)NCC(O)C(F)(F)F)CCCCC1. The predicted octanol–water partition coefficient (Wildman–Crippen LogP) is 1.50. The molecule has 1 amide bonds. The lowest BCUT2D eigenvalue weighted by Gasteiger charge is -2.29. The molecule has 1 rings (SSSR count). The highest BCUT2D eigenvalue weighted by Crippen LogP contribution is 2.35. The summed E-state index contributed by atoms with van der Waals surface area (Å²) in [5.74, 6) is -0.715. The number of nitriles is 1. The molecule has 18 heavy (non-hydrogen) atoms. The number of nitrogens with zero attached hydrogens (tertiary/aromatic N) is 1. The number of alkyl halides is 3. The van der Waals surface area contributed by atoms with Gasteiger partial charge < -0.3 is 10.4 Å². The number of hydrogen-bond donors (Lipinski definition) is 2. The van der Waals surface area contributed by atoms with Crippen LogP contribution in [0.5, 0.6) is 0 Å². The minimum absolute atomic E-state index is 0.359. The second-order valence-corrected chi connectivity index (χ2v) is 4.52. The summed E-state index contributed by atoms with van der Waals surface area (Å²) in [7, 11) is 0. The Balaban J connectivity index is 2.57. The van der Waals surface area contributed by atoms with Crippen molar-refractivity contribution in [3.63, 3.8) is 0 Å². The fraction of sp³-hybridized carbons (Fsp3) is 0.818. The molecular weight excluding hydrogens is 249 g/mol. The van der Waals surface area contributed by atoms with E-state index in [2.05, 4.69) is 0 Å². The molecule has 0 saturated heterocycles. The van der Waals surface area contributed by atoms with E-state index < -0.39 is 30.1 Å². The molecule has 1 aliphatic rings. The van der Waals surface area contributed by atoms with Crippen molar-refractivity contribution in [2.24, 2.45) is 5.41 Å². The number of halogens is 3. The molecule has 1 unspecified atom stereocenters. The first-order chi connectivity index (χ1) is 8.32. The molecule has 0 heterocycles. The number of carbonyl (C=O) groups is 1. The summed E-state index contributed by atoms with van der Waals surface area (Å²) in [5.41, 5.74) is -1.23. The van der Waals surface area contributed by atoms with Crippen LogP contribution in [0, 0.1) is 16.7 Å². The van der Waals surface area contributed by atoms with E-state index in [-0.39, 0.29) is 0 Å². The van der Waals surface area contributed by atoms with Gasteiger partial charge in [-0.3, -0.25) is 4.79 Å². The fourth-order valence-electron chi connectivity index (χ4n) is 2.02. The van der Waals surface area contributed by atoms with Crippen LogP contribution in [-0.4, -0.2) is 29.8 Å². The van der Waals surface area contributed by atoms with Crippen molar-refractivity contribution in [2.45, 2.75) is 44.4 Å². The number of aliphatic hydroxyl groups is 1. The zero-order valence-corrected chi connectivity index (χ0v) is 9.76. The van der Waals surface area contributed by atoms with Gasteiger partial charge in [0.1, 0.15) is 5.41 Å². The Morgan fingerprint density at radius 3 is 2.39 bits per heavy atom. The Morgan fingerprint density at radius 2 is 1.94 bits per heavy atom. The lowest BCUT2D eigenvalue weighted by atomic mass is 9.74. The largest absolute Gasteiger partial charge is 0.416 e. The molecule has 0 aliphatic heterocycles. The molecule has 0 spiro atoms. The maximum absolute atomic E-state index is 12.1. The van der Waals surface area contributed by atoms with E-state index in [9.17, 15) is 18.0 Å². The van der Waals surface area contributed by atoms with Gasteiger partial charge in [0.25, 0.3) is 0 Å². The van der Waals surface area contributed by atoms with Crippen LogP contribution in [0.3, 0.4) is 0 Å². The van der Waals surface area contributed by atoms with Gasteiger partial charge in [-0.15, -0.1) is 0 Å². The third-order valence-electron chi connectivity index (χ3n) is 3.19. The first-order valence-corrected chi connectivity index (χ1v) is 5.76. The van der Waals surface area contributed by atoms with Crippen LogP contribution in [0.4, 0.5) is 13.2 Å². The molecule has 0 radical (unpaired) electrons. The highest BCUT2D eigenvalue weighted by Gasteiger charge is 2.42. The summed E-state index contributed by atoms with van der Waals surface area (Å²) >= 11 is 0. The van der Waals surface area contributed by atoms with Crippen molar-refractivity contribution in [3.05, 3.63) is 0 Å². The molecule has 1 saturated carbocycles. The van der Waals surface area contributed by atoms with E-state index in [1.165, 1.54) is 0 Å². The topological polar surface area (TPSA) is 73.1 Å². The van der Waals surface area contributed by atoms with Gasteiger partial charge in [0.15, 0.2) is 6.10 Å². The Morgan fingerprint density at radius 1 is 1.39 bits per heavy atom. The van der Waals surface area contributed by atoms with Crippen LogP contribution in [-0.2, 0) is 4.79 Å². The summed E-state index contributed by atoms with van der Waals surface area (Å²) in [6, 6.07) is 1.90. The second kappa shape index (κ2) is 5.57. The summed E-state index contributed by atoms with van der Waals surface area (Å²) < 4.78 is 36.2. The van der Waals surface area contributed by atoms with Crippen LogP contribution >= 0.6 is 0 Å². The normalized spacial score (nSPS) is 20.8. The average Bonchev–Trinajstić information content (AvgIpc) is 2.35. The zero-order chi connectivity index (χ0) is 13.8. The standard InChI is InChI=1S/C11H15F3N2O2/c12-11(13,14)8(17)6-16-9(18)10(7-15)4-2-1-3-5-10/h8,17H,1-6H2,(H,16,18). The van der Waals surface area contributed by atoms with E-state index in [1.54, 1.807) is 0 Å². The molecule has 7 heteroatoms. The lowest BCUT2D eigenvalue weighted by molar-refractivity contribution is -0.202. The van der Waals surface area contributed by atoms with Crippen molar-refractivity contribution in [1.29, 1.82) is 5.26 Å². The van der Waals surface area contributed by atoms with Gasteiger partial charge in [-0.05, 0) is 12.8 Å². The van der Waals surface area contributed by atoms with Gasteiger partial charge in [-0.2, -0.15) is 18.4 Å². The first-order valence-electron chi connectivity index (χ1n) is 5.76. The number of nitrogens with one attached hydrogen (secondary N) is 1. The van der Waals surface area contributed by atoms with Crippen LogP contribution in [0.2, 0.25) is 0 Å². The molecule has 2 N–H and O–H groups in total. The Hall–Kier alpha value is -1.29. The van der Waals surface area contributed by atoms with E-state index >= 15 is 0 Å². The van der Waals surface area contributed by atoms with E-state index in [4.69, 9.17) is 10.4 Å². The van der Waals surface area contributed by atoms with Gasteiger partial charge in [0.05, 0.1) is 12.6 Å². The third kappa shape index (κ3) is 3.35. The molecule has 1 fully saturated rings. The molecule has 0 bridgehead atoms. The maximum atomic E-state index is 12.1. The molecule has 0 aromatic rings. The summed E-state index contributed by atoms with van der Waals surface area (Å²) in [5, 5.41) is 19.8. The number of aliphatic hydroxyl groups excluding tert-OH is 1. The number of rotatable bonds is 3. The predicted molar refractivity (Wildman–Crippen MR) is 56.2 cm³/mol. The molecule has 1 aliphatic carbocycles. The summed E-state index contributed by atoms with van der Waals surface area (Å²) in [6.07, 6.45) is -4.30. The lowest BCUT2D eigenvalue weighted by Crippen LogP contribution is -2.47. The van der Waals surface area contributed by atoms with Gasteiger partial charge in [0, 0.05) is 0 Å². The average molecular weight is 264 g/mol. The highest BCUT2D eigenvalue weighted by molar-refractivity contribution is 5.85. The monoisotopic (exact) mass is 264 g/mol. The van der Waals surface area contributed by atoms with Gasteiger partial charge in [0.2, 0.25) is 5.91 Å². The third-order valence-corrected chi connectivity index (χ3v) is 3.19. The summed E-state index contributed by atoms with van der Waals surface area (Å²) in [6.45, 7) is -0.911. The molecule has 4 nitrogen and oxygen atoms in total. The van der Waals surface area contributed by atoms with E-state index in [0.717, 1.165) is 6.42 Å². The fourth-order valence-corrected chi connectivity index (χ4v) is 2.02. The van der Waals surface area contributed by atoms with Gasteiger partial charge >= 0.3 is 6.18 Å². The van der Waals surface area contributed by atoms with Crippen molar-refractivity contribution in [3.8, 4) is 6.07 Å². The minimum atomic E-state index is -4.76. The van der Waals surface area contributed by atoms with Gasteiger partial charge in [-0.1, -0.05) is 19.3 Å². The smallest absolute Gasteiger partial charge is 0.382 e. The van der Waals surface area contributed by atoms with Crippen LogP contribution in [0.1, 0.15) is 32.1 Å². The zero-order valence-electron chi connectivity index (χ0n) is 9.76. The van der Waals surface area contributed by atoms with Crippen LogP contribution in [0.25, 0.3) is 0 Å². The number of amides is 1. The highest BCUT2D eigenvalue weighted by atomic mass is 19.4. The number of hydrogen-bond acceptors (Lipinski definition) is 3.